The third kappa shape index (κ3) is 1.84. The maximum atomic E-state index is 5.26. The van der Waals surface area contributed by atoms with Crippen LogP contribution in [-0.2, 0) is 13.1 Å². The number of nitrogens with one attached hydrogen (secondary N) is 1. The average molecular weight is 241 g/mol. The van der Waals surface area contributed by atoms with E-state index >= 15 is 0 Å². The molecular weight excluding hydrogens is 226 g/mol. The van der Waals surface area contributed by atoms with Gasteiger partial charge in [-0.1, -0.05) is 0 Å². The van der Waals surface area contributed by atoms with Gasteiger partial charge in [-0.15, -0.1) is 0 Å². The molecule has 1 aromatic carbocycles. The maximum absolute atomic E-state index is 5.26. The number of benzene rings is 1. The Morgan fingerprint density at radius 1 is 1.28 bits per heavy atom. The van der Waals surface area contributed by atoms with E-state index in [1.807, 2.05) is 25.3 Å². The molecule has 1 aromatic heterocycles. The van der Waals surface area contributed by atoms with Gasteiger partial charge < -0.3 is 10.1 Å². The molecule has 1 aliphatic heterocycles. The number of nitrogens with zero attached hydrogens (tertiary/aromatic N) is 2. The van der Waals surface area contributed by atoms with Gasteiger partial charge in [-0.2, -0.15) is 0 Å². The molecule has 1 N–H and O–H groups in total. The van der Waals surface area contributed by atoms with E-state index < -0.39 is 0 Å². The Bertz CT molecular complexity index is 596. The van der Waals surface area contributed by atoms with Crippen molar-refractivity contribution >= 4 is 0 Å². The number of aryl methyl sites for hydroxylation is 1. The average Bonchev–Trinajstić information content (AvgIpc) is 2.85. The first-order valence-corrected chi connectivity index (χ1v) is 5.98. The molecule has 0 bridgehead atoms. The van der Waals surface area contributed by atoms with Gasteiger partial charge in [-0.25, -0.2) is 9.97 Å². The highest BCUT2D eigenvalue weighted by molar-refractivity contribution is 5.59. The van der Waals surface area contributed by atoms with Crippen LogP contribution in [0.4, 0.5) is 0 Å². The first kappa shape index (κ1) is 11.2. The molecule has 0 saturated carbocycles. The first-order chi connectivity index (χ1) is 8.78. The van der Waals surface area contributed by atoms with Crippen molar-refractivity contribution in [2.75, 3.05) is 7.11 Å². The zero-order chi connectivity index (χ0) is 12.5. The topological polar surface area (TPSA) is 47.0 Å². The van der Waals surface area contributed by atoms with Gasteiger partial charge in [0.05, 0.1) is 12.8 Å². The predicted molar refractivity (Wildman–Crippen MR) is 69.3 cm³/mol. The molecule has 4 heteroatoms. The van der Waals surface area contributed by atoms with Crippen molar-refractivity contribution in [3.8, 4) is 17.1 Å². The molecule has 0 aliphatic carbocycles. The summed E-state index contributed by atoms with van der Waals surface area (Å²) in [6, 6.07) is 6.01. The summed E-state index contributed by atoms with van der Waals surface area (Å²) in [5, 5.41) is 3.27. The van der Waals surface area contributed by atoms with Gasteiger partial charge in [0, 0.05) is 30.4 Å². The zero-order valence-electron chi connectivity index (χ0n) is 10.5. The Morgan fingerprint density at radius 3 is 2.94 bits per heavy atom. The van der Waals surface area contributed by atoms with Crippen molar-refractivity contribution in [2.24, 2.45) is 0 Å². The van der Waals surface area contributed by atoms with Crippen molar-refractivity contribution in [1.29, 1.82) is 0 Å². The second-order valence-electron chi connectivity index (χ2n) is 4.45. The van der Waals surface area contributed by atoms with E-state index in [2.05, 4.69) is 21.4 Å². The SMILES string of the molecule is COc1ccc(-c2ncc3c(n2)CNC3)cc1C. The maximum Gasteiger partial charge on any atom is 0.159 e. The number of aromatic nitrogens is 2. The summed E-state index contributed by atoms with van der Waals surface area (Å²) in [5.74, 6) is 1.67. The van der Waals surface area contributed by atoms with Gasteiger partial charge in [0.1, 0.15) is 5.75 Å². The summed E-state index contributed by atoms with van der Waals surface area (Å²) in [5.41, 5.74) is 4.43. The van der Waals surface area contributed by atoms with Crippen LogP contribution in [0.3, 0.4) is 0 Å². The molecule has 0 amide bonds. The minimum atomic E-state index is 0.781. The molecule has 2 heterocycles. The Morgan fingerprint density at radius 2 is 2.17 bits per heavy atom. The summed E-state index contributed by atoms with van der Waals surface area (Å²) < 4.78 is 5.26. The van der Waals surface area contributed by atoms with Gasteiger partial charge in [0.15, 0.2) is 5.82 Å². The van der Waals surface area contributed by atoms with E-state index in [-0.39, 0.29) is 0 Å². The molecule has 0 radical (unpaired) electrons. The molecule has 3 rings (SSSR count). The molecule has 92 valence electrons. The number of hydrogen-bond donors (Lipinski definition) is 1. The Balaban J connectivity index is 2.02. The molecule has 18 heavy (non-hydrogen) atoms. The summed E-state index contributed by atoms with van der Waals surface area (Å²) in [4.78, 5) is 9.03. The normalized spacial score (nSPS) is 13.4. The van der Waals surface area contributed by atoms with E-state index in [1.54, 1.807) is 7.11 Å². The van der Waals surface area contributed by atoms with E-state index in [9.17, 15) is 0 Å². The van der Waals surface area contributed by atoms with Crippen LogP contribution in [0.15, 0.2) is 24.4 Å². The number of rotatable bonds is 2. The lowest BCUT2D eigenvalue weighted by atomic mass is 10.1. The van der Waals surface area contributed by atoms with Crippen molar-refractivity contribution in [3.63, 3.8) is 0 Å². The fourth-order valence-corrected chi connectivity index (χ4v) is 2.21. The van der Waals surface area contributed by atoms with Crippen LogP contribution in [0.2, 0.25) is 0 Å². The molecule has 0 atom stereocenters. The third-order valence-corrected chi connectivity index (χ3v) is 3.22. The number of hydrogen-bond acceptors (Lipinski definition) is 4. The van der Waals surface area contributed by atoms with Gasteiger partial charge in [0.25, 0.3) is 0 Å². The van der Waals surface area contributed by atoms with Crippen LogP contribution >= 0.6 is 0 Å². The lowest BCUT2D eigenvalue weighted by Gasteiger charge is -2.07. The Hall–Kier alpha value is -1.94. The minimum absolute atomic E-state index is 0.781. The van der Waals surface area contributed by atoms with E-state index in [4.69, 9.17) is 4.74 Å². The van der Waals surface area contributed by atoms with Crippen LogP contribution in [0.1, 0.15) is 16.8 Å². The molecule has 0 saturated heterocycles. The fourth-order valence-electron chi connectivity index (χ4n) is 2.21. The van der Waals surface area contributed by atoms with Crippen molar-refractivity contribution in [2.45, 2.75) is 20.0 Å². The number of ether oxygens (including phenoxy) is 1. The van der Waals surface area contributed by atoms with Crippen LogP contribution in [-0.4, -0.2) is 17.1 Å². The summed E-state index contributed by atoms with van der Waals surface area (Å²) >= 11 is 0. The van der Waals surface area contributed by atoms with Crippen molar-refractivity contribution < 1.29 is 4.74 Å². The number of fused-ring (bicyclic) bond motifs is 1. The molecule has 0 unspecified atom stereocenters. The fraction of sp³-hybridized carbons (Fsp3) is 0.286. The Labute approximate surface area is 106 Å². The molecule has 0 fully saturated rings. The quantitative estimate of drug-likeness (QED) is 0.874. The standard InChI is InChI=1S/C14H15N3O/c1-9-5-10(3-4-13(9)18-2)14-16-7-11-6-15-8-12(11)17-14/h3-5,7,15H,6,8H2,1-2H3. The second kappa shape index (κ2) is 4.38. The van der Waals surface area contributed by atoms with Crippen LogP contribution in [0.25, 0.3) is 11.4 Å². The van der Waals surface area contributed by atoms with Crippen molar-refractivity contribution in [3.05, 3.63) is 41.2 Å². The minimum Gasteiger partial charge on any atom is -0.496 e. The largest absolute Gasteiger partial charge is 0.496 e. The van der Waals surface area contributed by atoms with E-state index in [0.29, 0.717) is 0 Å². The third-order valence-electron chi connectivity index (χ3n) is 3.22. The Kier molecular flexibility index (Phi) is 2.72. The highest BCUT2D eigenvalue weighted by Crippen LogP contribution is 2.24. The van der Waals surface area contributed by atoms with Crippen LogP contribution in [0.5, 0.6) is 5.75 Å². The van der Waals surface area contributed by atoms with Gasteiger partial charge in [0.2, 0.25) is 0 Å². The summed E-state index contributed by atoms with van der Waals surface area (Å²) in [6.07, 6.45) is 1.91. The van der Waals surface area contributed by atoms with Gasteiger partial charge in [-0.3, -0.25) is 0 Å². The highest BCUT2D eigenvalue weighted by atomic mass is 16.5. The lowest BCUT2D eigenvalue weighted by molar-refractivity contribution is 0.412. The summed E-state index contributed by atoms with van der Waals surface area (Å²) in [6.45, 7) is 3.73. The summed E-state index contributed by atoms with van der Waals surface area (Å²) in [7, 11) is 1.68. The lowest BCUT2D eigenvalue weighted by Crippen LogP contribution is -2.00. The molecule has 2 aromatic rings. The number of methoxy groups -OCH3 is 1. The molecular formula is C14H15N3O. The van der Waals surface area contributed by atoms with E-state index in [0.717, 1.165) is 41.5 Å². The highest BCUT2D eigenvalue weighted by Gasteiger charge is 2.13. The van der Waals surface area contributed by atoms with Crippen LogP contribution in [0, 0.1) is 6.92 Å². The molecule has 0 spiro atoms. The second-order valence-corrected chi connectivity index (χ2v) is 4.45. The first-order valence-electron chi connectivity index (χ1n) is 5.98. The predicted octanol–water partition coefficient (Wildman–Crippen LogP) is 2.06. The zero-order valence-corrected chi connectivity index (χ0v) is 10.5. The smallest absolute Gasteiger partial charge is 0.159 e. The monoisotopic (exact) mass is 241 g/mol. The van der Waals surface area contributed by atoms with Gasteiger partial charge in [-0.05, 0) is 30.7 Å². The van der Waals surface area contributed by atoms with E-state index in [1.165, 1.54) is 5.56 Å². The molecule has 4 nitrogen and oxygen atoms in total. The molecule has 1 aliphatic rings. The van der Waals surface area contributed by atoms with Gasteiger partial charge >= 0.3 is 0 Å². The van der Waals surface area contributed by atoms with Crippen molar-refractivity contribution in [1.82, 2.24) is 15.3 Å². The van der Waals surface area contributed by atoms with Crippen LogP contribution < -0.4 is 10.1 Å².